The highest BCUT2D eigenvalue weighted by Gasteiger charge is 2.04. The summed E-state index contributed by atoms with van der Waals surface area (Å²) in [6, 6.07) is 5.18. The summed E-state index contributed by atoms with van der Waals surface area (Å²) in [5, 5.41) is 19.2. The molecule has 0 aromatic heterocycles. The van der Waals surface area contributed by atoms with Gasteiger partial charge in [-0.1, -0.05) is 67.9 Å². The number of phenolic OH excluding ortho intramolecular Hbond substituents is 2. The van der Waals surface area contributed by atoms with Gasteiger partial charge in [0, 0.05) is 0 Å². The summed E-state index contributed by atoms with van der Waals surface area (Å²) >= 11 is 0. The van der Waals surface area contributed by atoms with Crippen LogP contribution in [0, 0.1) is 0 Å². The standard InChI is InChI=1S/C21H30O2/c1-2-3-4-5-6-7-8-9-10-11-12-13-14-16-19-17-15-18-20(22)21(19)23/h2-5,7-8,15,17-18,22-23H,6,9-14,16H2,1H3/b3-2+,5-4+,8-7+. The summed E-state index contributed by atoms with van der Waals surface area (Å²) in [6.07, 6.45) is 21.8. The second-order valence-corrected chi connectivity index (χ2v) is 5.75. The van der Waals surface area contributed by atoms with Crippen LogP contribution in [0.15, 0.2) is 54.7 Å². The first-order chi connectivity index (χ1) is 11.3. The molecule has 0 heterocycles. The number of rotatable bonds is 11. The number of hydrogen-bond donors (Lipinski definition) is 2. The van der Waals surface area contributed by atoms with Gasteiger partial charge in [0.05, 0.1) is 0 Å². The summed E-state index contributed by atoms with van der Waals surface area (Å²) in [5.74, 6) is 0.0240. The highest BCUT2D eigenvalue weighted by atomic mass is 16.3. The molecule has 0 amide bonds. The van der Waals surface area contributed by atoms with Crippen molar-refractivity contribution < 1.29 is 10.2 Å². The van der Waals surface area contributed by atoms with E-state index in [1.54, 1.807) is 6.07 Å². The summed E-state index contributed by atoms with van der Waals surface area (Å²) in [5.41, 5.74) is 0.846. The van der Waals surface area contributed by atoms with Gasteiger partial charge in [-0.05, 0) is 50.7 Å². The molecule has 1 rings (SSSR count). The van der Waals surface area contributed by atoms with Gasteiger partial charge >= 0.3 is 0 Å². The lowest BCUT2D eigenvalue weighted by molar-refractivity contribution is 0.398. The van der Waals surface area contributed by atoms with E-state index in [1.165, 1.54) is 31.7 Å². The Morgan fingerprint density at radius 2 is 1.65 bits per heavy atom. The molecule has 0 atom stereocenters. The highest BCUT2D eigenvalue weighted by molar-refractivity contribution is 5.44. The van der Waals surface area contributed by atoms with E-state index < -0.39 is 0 Å². The van der Waals surface area contributed by atoms with Gasteiger partial charge in [-0.3, -0.25) is 0 Å². The van der Waals surface area contributed by atoms with Gasteiger partial charge < -0.3 is 10.2 Å². The maximum atomic E-state index is 9.72. The van der Waals surface area contributed by atoms with E-state index in [-0.39, 0.29) is 11.5 Å². The number of hydrogen-bond acceptors (Lipinski definition) is 2. The summed E-state index contributed by atoms with van der Waals surface area (Å²) in [4.78, 5) is 0. The number of unbranched alkanes of at least 4 members (excludes halogenated alkanes) is 5. The Morgan fingerprint density at radius 1 is 0.870 bits per heavy atom. The third-order valence-electron chi connectivity index (χ3n) is 3.79. The lowest BCUT2D eigenvalue weighted by atomic mass is 10.0. The van der Waals surface area contributed by atoms with Crippen molar-refractivity contribution in [1.29, 1.82) is 0 Å². The van der Waals surface area contributed by atoms with Crippen molar-refractivity contribution >= 4 is 0 Å². The molecule has 0 spiro atoms. The van der Waals surface area contributed by atoms with E-state index in [0.717, 1.165) is 31.2 Å². The molecule has 0 saturated heterocycles. The van der Waals surface area contributed by atoms with Crippen LogP contribution in [0.2, 0.25) is 0 Å². The fraction of sp³-hybridized carbons (Fsp3) is 0.429. The molecule has 0 bridgehead atoms. The van der Waals surface area contributed by atoms with Crippen molar-refractivity contribution in [3.8, 4) is 11.5 Å². The van der Waals surface area contributed by atoms with Crippen molar-refractivity contribution in [2.75, 3.05) is 0 Å². The predicted octanol–water partition coefficient (Wildman–Crippen LogP) is 6.06. The predicted molar refractivity (Wildman–Crippen MR) is 98.9 cm³/mol. The Kier molecular flexibility index (Phi) is 10.4. The number of allylic oxidation sites excluding steroid dienone is 6. The Morgan fingerprint density at radius 3 is 2.48 bits per heavy atom. The molecular weight excluding hydrogens is 284 g/mol. The lowest BCUT2D eigenvalue weighted by Crippen LogP contribution is -1.87. The number of aryl methyl sites for hydroxylation is 1. The second kappa shape index (κ2) is 12.6. The zero-order valence-corrected chi connectivity index (χ0v) is 14.2. The normalized spacial score (nSPS) is 12.0. The fourth-order valence-corrected chi connectivity index (χ4v) is 2.45. The van der Waals surface area contributed by atoms with Gasteiger partial charge in [0.25, 0.3) is 0 Å². The third kappa shape index (κ3) is 8.92. The van der Waals surface area contributed by atoms with E-state index >= 15 is 0 Å². The Labute approximate surface area is 140 Å². The van der Waals surface area contributed by atoms with E-state index in [9.17, 15) is 10.2 Å². The molecule has 0 unspecified atom stereocenters. The van der Waals surface area contributed by atoms with Crippen LogP contribution in [0.4, 0.5) is 0 Å². The van der Waals surface area contributed by atoms with Gasteiger partial charge in [0.2, 0.25) is 0 Å². The summed E-state index contributed by atoms with van der Waals surface area (Å²) in [7, 11) is 0. The molecular formula is C21H30O2. The topological polar surface area (TPSA) is 40.5 Å². The Balaban J connectivity index is 1.99. The Bertz CT molecular complexity index is 513. The lowest BCUT2D eigenvalue weighted by Gasteiger charge is -2.05. The van der Waals surface area contributed by atoms with Crippen molar-refractivity contribution in [3.05, 3.63) is 60.2 Å². The van der Waals surface area contributed by atoms with Crippen molar-refractivity contribution in [3.63, 3.8) is 0 Å². The molecule has 0 aliphatic heterocycles. The van der Waals surface area contributed by atoms with Crippen molar-refractivity contribution in [2.45, 2.75) is 58.3 Å². The fourth-order valence-electron chi connectivity index (χ4n) is 2.45. The quantitative estimate of drug-likeness (QED) is 0.225. The smallest absolute Gasteiger partial charge is 0.160 e. The SMILES string of the molecule is C/C=C/C=C/C/C=C/CCCCCCCc1cccc(O)c1O. The van der Waals surface area contributed by atoms with Crippen LogP contribution in [0.5, 0.6) is 11.5 Å². The van der Waals surface area contributed by atoms with Gasteiger partial charge in [0.15, 0.2) is 11.5 Å². The minimum Gasteiger partial charge on any atom is -0.504 e. The zero-order chi connectivity index (χ0) is 16.8. The number of benzene rings is 1. The summed E-state index contributed by atoms with van der Waals surface area (Å²) in [6.45, 7) is 2.02. The minimum absolute atomic E-state index is 0.0187. The van der Waals surface area contributed by atoms with Crippen LogP contribution < -0.4 is 0 Å². The monoisotopic (exact) mass is 314 g/mol. The largest absolute Gasteiger partial charge is 0.504 e. The first kappa shape index (κ1) is 19.1. The highest BCUT2D eigenvalue weighted by Crippen LogP contribution is 2.29. The van der Waals surface area contributed by atoms with E-state index in [1.807, 2.05) is 25.1 Å². The van der Waals surface area contributed by atoms with Gasteiger partial charge in [0.1, 0.15) is 0 Å². The van der Waals surface area contributed by atoms with E-state index in [2.05, 4.69) is 24.3 Å². The summed E-state index contributed by atoms with van der Waals surface area (Å²) < 4.78 is 0. The molecule has 0 aliphatic rings. The van der Waals surface area contributed by atoms with E-state index in [0.29, 0.717) is 0 Å². The average Bonchev–Trinajstić information content (AvgIpc) is 2.55. The number of aromatic hydroxyl groups is 2. The Hall–Kier alpha value is -1.96. The van der Waals surface area contributed by atoms with E-state index in [4.69, 9.17) is 0 Å². The van der Waals surface area contributed by atoms with Crippen LogP contribution in [0.25, 0.3) is 0 Å². The molecule has 126 valence electrons. The maximum absolute atomic E-state index is 9.72. The zero-order valence-electron chi connectivity index (χ0n) is 14.2. The first-order valence-electron chi connectivity index (χ1n) is 8.68. The van der Waals surface area contributed by atoms with Crippen LogP contribution in [-0.2, 0) is 6.42 Å². The average molecular weight is 314 g/mol. The molecule has 2 heteroatoms. The molecule has 0 aliphatic carbocycles. The molecule has 1 aromatic carbocycles. The number of para-hydroxylation sites is 1. The molecule has 1 aromatic rings. The van der Waals surface area contributed by atoms with Crippen LogP contribution in [-0.4, -0.2) is 10.2 Å². The molecule has 0 saturated carbocycles. The van der Waals surface area contributed by atoms with Gasteiger partial charge in [-0.2, -0.15) is 0 Å². The maximum Gasteiger partial charge on any atom is 0.160 e. The van der Waals surface area contributed by atoms with Crippen molar-refractivity contribution in [2.24, 2.45) is 0 Å². The number of phenols is 2. The molecule has 0 fully saturated rings. The third-order valence-corrected chi connectivity index (χ3v) is 3.79. The van der Waals surface area contributed by atoms with Gasteiger partial charge in [-0.15, -0.1) is 0 Å². The van der Waals surface area contributed by atoms with Crippen molar-refractivity contribution in [1.82, 2.24) is 0 Å². The second-order valence-electron chi connectivity index (χ2n) is 5.75. The molecule has 0 radical (unpaired) electrons. The molecule has 2 N–H and O–H groups in total. The minimum atomic E-state index is -0.0187. The van der Waals surface area contributed by atoms with Crippen LogP contribution in [0.3, 0.4) is 0 Å². The van der Waals surface area contributed by atoms with Crippen LogP contribution in [0.1, 0.15) is 57.4 Å². The van der Waals surface area contributed by atoms with Gasteiger partial charge in [-0.25, -0.2) is 0 Å². The van der Waals surface area contributed by atoms with Crippen LogP contribution >= 0.6 is 0 Å². The first-order valence-corrected chi connectivity index (χ1v) is 8.68. The molecule has 23 heavy (non-hydrogen) atoms. The molecule has 2 nitrogen and oxygen atoms in total.